The number of aromatic nitrogens is 1. The fourth-order valence-corrected chi connectivity index (χ4v) is 3.26. The fraction of sp³-hybridized carbons (Fsp3) is 0.0667. The molecule has 18 heavy (non-hydrogen) atoms. The summed E-state index contributed by atoms with van der Waals surface area (Å²) in [5.74, 6) is 0. The second kappa shape index (κ2) is 5.04. The summed E-state index contributed by atoms with van der Waals surface area (Å²) < 4.78 is 3.51. The van der Waals surface area contributed by atoms with Gasteiger partial charge in [-0.3, -0.25) is 0 Å². The molecule has 0 saturated heterocycles. The zero-order chi connectivity index (χ0) is 12.4. The van der Waals surface area contributed by atoms with E-state index in [9.17, 15) is 0 Å². The number of nitrogens with zero attached hydrogens (tertiary/aromatic N) is 1. The van der Waals surface area contributed by atoms with Crippen LogP contribution >= 0.6 is 23.1 Å². The summed E-state index contributed by atoms with van der Waals surface area (Å²) in [6, 6.07) is 12.8. The maximum atomic E-state index is 2.24. The van der Waals surface area contributed by atoms with Gasteiger partial charge in [0.1, 0.15) is 0 Å². The van der Waals surface area contributed by atoms with Crippen molar-refractivity contribution in [3.05, 3.63) is 53.4 Å². The zero-order valence-corrected chi connectivity index (χ0v) is 11.7. The Hall–Kier alpha value is -1.45. The Morgan fingerprint density at radius 2 is 2.06 bits per heavy atom. The molecule has 0 bridgehead atoms. The molecule has 0 N–H and O–H groups in total. The molecule has 0 aliphatic carbocycles. The predicted molar refractivity (Wildman–Crippen MR) is 84.1 cm³/mol. The zero-order valence-electron chi connectivity index (χ0n) is 10.0. The molecule has 0 aliphatic rings. The Morgan fingerprint density at radius 1 is 1.17 bits per heavy atom. The number of rotatable bonds is 3. The van der Waals surface area contributed by atoms with Crippen LogP contribution in [0.1, 0.15) is 0 Å². The van der Waals surface area contributed by atoms with Gasteiger partial charge in [0.2, 0.25) is 0 Å². The number of thiophene rings is 1. The summed E-state index contributed by atoms with van der Waals surface area (Å²) in [7, 11) is 0. The van der Waals surface area contributed by atoms with Crippen LogP contribution in [0.25, 0.3) is 27.5 Å². The molecular weight excluding hydrogens is 258 g/mol. The SMILES string of the molecule is CS/C=C\n1cccc1-c1csc2ccccc12. The summed E-state index contributed by atoms with van der Waals surface area (Å²) >= 11 is 3.51. The van der Waals surface area contributed by atoms with Crippen molar-refractivity contribution in [2.24, 2.45) is 0 Å². The van der Waals surface area contributed by atoms with Gasteiger partial charge in [-0.1, -0.05) is 18.2 Å². The number of thioether (sulfide) groups is 1. The van der Waals surface area contributed by atoms with Crippen LogP contribution in [-0.4, -0.2) is 10.8 Å². The molecule has 0 spiro atoms. The highest BCUT2D eigenvalue weighted by Crippen LogP contribution is 2.34. The normalized spacial score (nSPS) is 11.6. The minimum atomic E-state index is 1.25. The van der Waals surface area contributed by atoms with Crippen LogP contribution in [0.2, 0.25) is 0 Å². The molecule has 2 aromatic heterocycles. The highest BCUT2D eigenvalue weighted by molar-refractivity contribution is 8.01. The molecule has 0 saturated carbocycles. The van der Waals surface area contributed by atoms with E-state index in [0.29, 0.717) is 0 Å². The van der Waals surface area contributed by atoms with Crippen molar-refractivity contribution < 1.29 is 0 Å². The molecule has 0 radical (unpaired) electrons. The van der Waals surface area contributed by atoms with Gasteiger partial charge >= 0.3 is 0 Å². The monoisotopic (exact) mass is 271 g/mol. The highest BCUT2D eigenvalue weighted by Gasteiger charge is 2.08. The van der Waals surface area contributed by atoms with E-state index in [-0.39, 0.29) is 0 Å². The average Bonchev–Trinajstić information content (AvgIpc) is 3.02. The predicted octanol–water partition coefficient (Wildman–Crippen LogP) is 5.16. The molecule has 3 heteroatoms. The molecule has 0 aliphatic heterocycles. The molecule has 0 amide bonds. The molecule has 3 rings (SSSR count). The average molecular weight is 271 g/mol. The first-order chi connectivity index (χ1) is 8.90. The molecule has 1 aromatic carbocycles. The van der Waals surface area contributed by atoms with E-state index in [2.05, 4.69) is 70.4 Å². The third kappa shape index (κ3) is 2.00. The highest BCUT2D eigenvalue weighted by atomic mass is 32.2. The van der Waals surface area contributed by atoms with Gasteiger partial charge in [0, 0.05) is 33.4 Å². The van der Waals surface area contributed by atoms with Crippen molar-refractivity contribution in [3.63, 3.8) is 0 Å². The minimum absolute atomic E-state index is 1.25. The lowest BCUT2D eigenvalue weighted by atomic mass is 10.1. The third-order valence-corrected chi connectivity index (χ3v) is 4.25. The van der Waals surface area contributed by atoms with E-state index in [4.69, 9.17) is 0 Å². The molecule has 0 atom stereocenters. The maximum Gasteiger partial charge on any atom is 0.0537 e. The lowest BCUT2D eigenvalue weighted by Crippen LogP contribution is -1.86. The van der Waals surface area contributed by atoms with E-state index in [1.165, 1.54) is 21.3 Å². The summed E-state index contributed by atoms with van der Waals surface area (Å²) in [4.78, 5) is 0. The summed E-state index contributed by atoms with van der Waals surface area (Å²) in [6.07, 6.45) is 6.26. The largest absolute Gasteiger partial charge is 0.323 e. The second-order valence-electron chi connectivity index (χ2n) is 3.97. The van der Waals surface area contributed by atoms with Crippen molar-refractivity contribution >= 4 is 39.4 Å². The lowest BCUT2D eigenvalue weighted by molar-refractivity contribution is 1.18. The number of hydrogen-bond donors (Lipinski definition) is 0. The molecule has 1 nitrogen and oxygen atoms in total. The smallest absolute Gasteiger partial charge is 0.0537 e. The number of hydrogen-bond acceptors (Lipinski definition) is 2. The first kappa shape index (κ1) is 11.6. The van der Waals surface area contributed by atoms with Gasteiger partial charge in [0.15, 0.2) is 0 Å². The van der Waals surface area contributed by atoms with Crippen LogP contribution in [0.5, 0.6) is 0 Å². The van der Waals surface area contributed by atoms with E-state index >= 15 is 0 Å². The lowest BCUT2D eigenvalue weighted by Gasteiger charge is -2.03. The van der Waals surface area contributed by atoms with Crippen LogP contribution in [0.4, 0.5) is 0 Å². The van der Waals surface area contributed by atoms with Crippen LogP contribution in [-0.2, 0) is 0 Å². The van der Waals surface area contributed by atoms with Crippen LogP contribution < -0.4 is 0 Å². The topological polar surface area (TPSA) is 4.93 Å². The summed E-state index contributed by atoms with van der Waals surface area (Å²) in [5.41, 5.74) is 2.56. The van der Waals surface area contributed by atoms with E-state index < -0.39 is 0 Å². The fourth-order valence-electron chi connectivity index (χ4n) is 2.05. The van der Waals surface area contributed by atoms with Crippen molar-refractivity contribution in [1.29, 1.82) is 0 Å². The number of benzene rings is 1. The van der Waals surface area contributed by atoms with Gasteiger partial charge in [-0.15, -0.1) is 23.1 Å². The molecule has 2 heterocycles. The van der Waals surface area contributed by atoms with E-state index in [1.807, 2.05) is 0 Å². The Bertz CT molecular complexity index is 691. The molecule has 0 unspecified atom stereocenters. The Morgan fingerprint density at radius 3 is 2.94 bits per heavy atom. The quantitative estimate of drug-likeness (QED) is 0.637. The van der Waals surface area contributed by atoms with E-state index in [1.54, 1.807) is 23.1 Å². The Labute approximate surface area is 115 Å². The van der Waals surface area contributed by atoms with Crippen molar-refractivity contribution in [2.75, 3.05) is 6.26 Å². The van der Waals surface area contributed by atoms with Gasteiger partial charge in [-0.25, -0.2) is 0 Å². The Balaban J connectivity index is 2.15. The molecular formula is C15H13NS2. The summed E-state index contributed by atoms with van der Waals surface area (Å²) in [6.45, 7) is 0. The molecule has 90 valence electrons. The van der Waals surface area contributed by atoms with Crippen LogP contribution in [0.15, 0.2) is 53.4 Å². The molecule has 0 fully saturated rings. The maximum absolute atomic E-state index is 2.24. The van der Waals surface area contributed by atoms with Gasteiger partial charge < -0.3 is 4.57 Å². The van der Waals surface area contributed by atoms with Crippen molar-refractivity contribution in [2.45, 2.75) is 0 Å². The van der Waals surface area contributed by atoms with E-state index in [0.717, 1.165) is 0 Å². The first-order valence-corrected chi connectivity index (χ1v) is 7.90. The minimum Gasteiger partial charge on any atom is -0.323 e. The van der Waals surface area contributed by atoms with Crippen molar-refractivity contribution in [3.8, 4) is 11.3 Å². The van der Waals surface area contributed by atoms with Gasteiger partial charge in [0.05, 0.1) is 5.69 Å². The standard InChI is InChI=1S/C15H13NS2/c1-17-10-9-16-8-4-6-14(16)13-11-18-15-7-3-2-5-12(13)15/h2-11H,1H3/b10-9-. The van der Waals surface area contributed by atoms with Gasteiger partial charge in [-0.05, 0) is 29.9 Å². The Kier molecular flexibility index (Phi) is 3.26. The first-order valence-electron chi connectivity index (χ1n) is 5.73. The van der Waals surface area contributed by atoms with Crippen molar-refractivity contribution in [1.82, 2.24) is 4.57 Å². The molecule has 3 aromatic rings. The second-order valence-corrected chi connectivity index (χ2v) is 5.62. The number of fused-ring (bicyclic) bond motifs is 1. The van der Waals surface area contributed by atoms with Crippen LogP contribution in [0.3, 0.4) is 0 Å². The summed E-state index contributed by atoms with van der Waals surface area (Å²) in [5, 5.41) is 5.67. The third-order valence-electron chi connectivity index (χ3n) is 2.89. The van der Waals surface area contributed by atoms with Gasteiger partial charge in [-0.2, -0.15) is 0 Å². The van der Waals surface area contributed by atoms with Gasteiger partial charge in [0.25, 0.3) is 0 Å². The van der Waals surface area contributed by atoms with Crippen LogP contribution in [0, 0.1) is 0 Å².